The molecular formula is C26H29F3N2O4S. The lowest BCUT2D eigenvalue weighted by Gasteiger charge is -2.27. The highest BCUT2D eigenvalue weighted by atomic mass is 32.2. The van der Waals surface area contributed by atoms with Gasteiger partial charge in [0.2, 0.25) is 5.91 Å². The summed E-state index contributed by atoms with van der Waals surface area (Å²) in [6.45, 7) is 2.35. The van der Waals surface area contributed by atoms with E-state index in [1.165, 1.54) is 41.3 Å². The van der Waals surface area contributed by atoms with E-state index < -0.39 is 39.6 Å². The summed E-state index contributed by atoms with van der Waals surface area (Å²) in [6, 6.07) is 9.41. The molecule has 1 saturated carbocycles. The van der Waals surface area contributed by atoms with E-state index in [0.717, 1.165) is 37.7 Å². The molecule has 4 rings (SSSR count). The number of benzene rings is 2. The van der Waals surface area contributed by atoms with Crippen LogP contribution in [0.1, 0.15) is 60.1 Å². The number of carbonyl (C=O) groups is 2. The molecule has 10 heteroatoms. The zero-order chi connectivity index (χ0) is 26.3. The molecule has 2 amide bonds. The smallest absolute Gasteiger partial charge is 0.347 e. The van der Waals surface area contributed by atoms with E-state index in [-0.39, 0.29) is 28.2 Å². The van der Waals surface area contributed by atoms with Crippen molar-refractivity contribution in [3.63, 3.8) is 0 Å². The molecule has 2 aromatic rings. The number of halogens is 3. The highest BCUT2D eigenvalue weighted by molar-refractivity contribution is 7.90. The van der Waals surface area contributed by atoms with Gasteiger partial charge in [0, 0.05) is 18.4 Å². The minimum atomic E-state index is -4.44. The van der Waals surface area contributed by atoms with Crippen molar-refractivity contribution in [1.29, 1.82) is 0 Å². The summed E-state index contributed by atoms with van der Waals surface area (Å²) in [4.78, 5) is 28.3. The van der Waals surface area contributed by atoms with Gasteiger partial charge in [-0.15, -0.1) is 0 Å². The number of nitrogens with zero attached hydrogens (tertiary/aromatic N) is 1. The lowest BCUT2D eigenvalue weighted by atomic mass is 9.99. The molecule has 1 saturated heterocycles. The first kappa shape index (κ1) is 26.2. The number of hydrogen-bond donors (Lipinski definition) is 1. The lowest BCUT2D eigenvalue weighted by Crippen LogP contribution is -2.47. The summed E-state index contributed by atoms with van der Waals surface area (Å²) in [5.41, 5.74) is 0.0402. The number of alkyl halides is 3. The second-order valence-corrected chi connectivity index (χ2v) is 11.7. The third-order valence-corrected chi connectivity index (χ3v) is 8.14. The van der Waals surface area contributed by atoms with Crippen molar-refractivity contribution in [3.05, 3.63) is 65.2 Å². The Morgan fingerprint density at radius 3 is 2.33 bits per heavy atom. The van der Waals surface area contributed by atoms with E-state index in [9.17, 15) is 31.2 Å². The van der Waals surface area contributed by atoms with Gasteiger partial charge in [0.05, 0.1) is 16.5 Å². The second kappa shape index (κ2) is 9.88. The van der Waals surface area contributed by atoms with Gasteiger partial charge in [0.1, 0.15) is 6.04 Å². The molecule has 36 heavy (non-hydrogen) atoms. The zero-order valence-corrected chi connectivity index (χ0v) is 20.9. The Kier molecular flexibility index (Phi) is 7.19. The molecular weight excluding hydrogens is 493 g/mol. The maximum Gasteiger partial charge on any atom is 0.416 e. The molecule has 1 heterocycles. The Bertz CT molecular complexity index is 1240. The van der Waals surface area contributed by atoms with Crippen molar-refractivity contribution in [3.8, 4) is 0 Å². The van der Waals surface area contributed by atoms with Gasteiger partial charge < -0.3 is 10.2 Å². The number of rotatable bonds is 7. The predicted octanol–water partition coefficient (Wildman–Crippen LogP) is 4.62. The van der Waals surface area contributed by atoms with Crippen LogP contribution in [-0.2, 0) is 20.8 Å². The lowest BCUT2D eigenvalue weighted by molar-refractivity contribution is -0.137. The van der Waals surface area contributed by atoms with Crippen LogP contribution in [0.3, 0.4) is 0 Å². The predicted molar refractivity (Wildman–Crippen MR) is 128 cm³/mol. The number of sulfone groups is 1. The fourth-order valence-electron chi connectivity index (χ4n) is 4.75. The molecule has 194 valence electrons. The van der Waals surface area contributed by atoms with Gasteiger partial charge in [-0.05, 0) is 67.0 Å². The molecule has 1 aliphatic carbocycles. The molecule has 1 aliphatic heterocycles. The van der Waals surface area contributed by atoms with Crippen LogP contribution in [0.5, 0.6) is 0 Å². The summed E-state index contributed by atoms with van der Waals surface area (Å²) in [5.74, 6) is -0.539. The second-order valence-electron chi connectivity index (χ2n) is 9.73. The zero-order valence-electron chi connectivity index (χ0n) is 20.1. The molecule has 2 aliphatic rings. The summed E-state index contributed by atoms with van der Waals surface area (Å²) < 4.78 is 62.9. The van der Waals surface area contributed by atoms with E-state index >= 15 is 0 Å². The molecule has 0 bridgehead atoms. The monoisotopic (exact) mass is 522 g/mol. The first-order valence-electron chi connectivity index (χ1n) is 12.0. The van der Waals surface area contributed by atoms with E-state index in [1.54, 1.807) is 0 Å². The van der Waals surface area contributed by atoms with Crippen molar-refractivity contribution >= 4 is 21.7 Å². The van der Waals surface area contributed by atoms with Crippen molar-refractivity contribution in [1.82, 2.24) is 10.2 Å². The molecule has 1 unspecified atom stereocenters. The van der Waals surface area contributed by atoms with Crippen molar-refractivity contribution in [2.75, 3.05) is 12.8 Å². The van der Waals surface area contributed by atoms with Crippen molar-refractivity contribution < 1.29 is 31.2 Å². The molecule has 0 aromatic heterocycles. The first-order chi connectivity index (χ1) is 16.9. The molecule has 1 N–H and O–H groups in total. The van der Waals surface area contributed by atoms with Gasteiger partial charge in [-0.2, -0.15) is 13.2 Å². The van der Waals surface area contributed by atoms with Gasteiger partial charge in [0.15, 0.2) is 9.84 Å². The van der Waals surface area contributed by atoms with Crippen LogP contribution in [0.4, 0.5) is 13.2 Å². The Morgan fingerprint density at radius 1 is 1.11 bits per heavy atom. The van der Waals surface area contributed by atoms with Crippen LogP contribution in [0.2, 0.25) is 0 Å². The minimum absolute atomic E-state index is 0.0247. The Labute approximate surface area is 208 Å². The summed E-state index contributed by atoms with van der Waals surface area (Å²) in [6.07, 6.45) is -0.434. The molecule has 0 radical (unpaired) electrons. The normalized spacial score (nSPS) is 21.3. The fourth-order valence-corrected chi connectivity index (χ4v) is 5.42. The van der Waals surface area contributed by atoms with Crippen LogP contribution in [0.15, 0.2) is 53.4 Å². The molecule has 0 spiro atoms. The van der Waals surface area contributed by atoms with Gasteiger partial charge in [-0.1, -0.05) is 31.5 Å². The van der Waals surface area contributed by atoms with E-state index in [0.29, 0.717) is 18.5 Å². The summed E-state index contributed by atoms with van der Waals surface area (Å²) in [5, 5.41) is 3.00. The van der Waals surface area contributed by atoms with Gasteiger partial charge in [-0.25, -0.2) is 8.42 Å². The highest BCUT2D eigenvalue weighted by Crippen LogP contribution is 2.42. The van der Waals surface area contributed by atoms with Crippen LogP contribution < -0.4 is 5.32 Å². The molecule has 2 aromatic carbocycles. The molecule has 3 atom stereocenters. The van der Waals surface area contributed by atoms with Crippen LogP contribution in [0.25, 0.3) is 0 Å². The first-order valence-corrected chi connectivity index (χ1v) is 13.9. The number of nitrogens with one attached hydrogen (secondary N) is 1. The van der Waals surface area contributed by atoms with Crippen molar-refractivity contribution in [2.24, 2.45) is 11.8 Å². The summed E-state index contributed by atoms with van der Waals surface area (Å²) in [7, 11) is -3.51. The number of hydrogen-bond acceptors (Lipinski definition) is 4. The SMILES string of the molecule is CC[C@@H]1C[C@H](C(=O)NC(c2ccc(C(F)(F)F)cc2)C2CC2)N(C(=O)c2cccc(S(C)(=O)=O)c2)C1. The molecule has 2 fully saturated rings. The maximum absolute atomic E-state index is 13.4. The van der Waals surface area contributed by atoms with Crippen LogP contribution in [0, 0.1) is 11.8 Å². The number of carbonyl (C=O) groups excluding carboxylic acids is 2. The third-order valence-electron chi connectivity index (χ3n) is 7.03. The van der Waals surface area contributed by atoms with Gasteiger partial charge in [0.25, 0.3) is 5.91 Å². The Morgan fingerprint density at radius 2 is 1.78 bits per heavy atom. The quantitative estimate of drug-likeness (QED) is 0.576. The van der Waals surface area contributed by atoms with Gasteiger partial charge >= 0.3 is 6.18 Å². The standard InChI is InChI=1S/C26H29F3N2O4S/c1-3-16-13-22(31(15-16)25(33)19-5-4-6-21(14-19)36(2,34)35)24(32)30-23(17-7-8-17)18-9-11-20(12-10-18)26(27,28)29/h4-6,9-12,14,16-17,22-23H,3,7-8,13,15H2,1-2H3,(H,30,32)/t16-,22-,23?/m1/s1. The van der Waals surface area contributed by atoms with Crippen LogP contribution >= 0.6 is 0 Å². The third kappa shape index (κ3) is 5.74. The van der Waals surface area contributed by atoms with Crippen molar-refractivity contribution in [2.45, 2.75) is 55.8 Å². The van der Waals surface area contributed by atoms with E-state index in [1.807, 2.05) is 6.92 Å². The summed E-state index contributed by atoms with van der Waals surface area (Å²) >= 11 is 0. The largest absolute Gasteiger partial charge is 0.416 e. The number of amides is 2. The Hall–Kier alpha value is -2.88. The highest BCUT2D eigenvalue weighted by Gasteiger charge is 2.42. The van der Waals surface area contributed by atoms with E-state index in [4.69, 9.17) is 0 Å². The van der Waals surface area contributed by atoms with E-state index in [2.05, 4.69) is 5.32 Å². The maximum atomic E-state index is 13.4. The Balaban J connectivity index is 1.56. The van der Waals surface area contributed by atoms with Gasteiger partial charge in [-0.3, -0.25) is 9.59 Å². The average Bonchev–Trinajstić information content (AvgIpc) is 3.58. The molecule has 6 nitrogen and oxygen atoms in total. The topological polar surface area (TPSA) is 83.6 Å². The minimum Gasteiger partial charge on any atom is -0.347 e. The van der Waals surface area contributed by atoms with Crippen LogP contribution in [-0.4, -0.2) is 44.0 Å². The number of likely N-dealkylation sites (tertiary alicyclic amines) is 1. The average molecular weight is 523 g/mol. The fraction of sp³-hybridized carbons (Fsp3) is 0.462.